The number of carbonyl (C=O) groups excluding carboxylic acids is 1. The molecule has 9 heteroatoms. The number of carbonyl (C=O) groups is 1. The van der Waals surface area contributed by atoms with Crippen molar-refractivity contribution in [2.24, 2.45) is 4.99 Å². The second-order valence-corrected chi connectivity index (χ2v) is 7.91. The van der Waals surface area contributed by atoms with Gasteiger partial charge in [0.2, 0.25) is 0 Å². The number of fused-ring (bicyclic) bond motifs is 3. The van der Waals surface area contributed by atoms with Gasteiger partial charge in [-0.25, -0.2) is 0 Å². The van der Waals surface area contributed by atoms with Crippen LogP contribution in [0.25, 0.3) is 21.0 Å². The fourth-order valence-corrected chi connectivity index (χ4v) is 4.63. The second kappa shape index (κ2) is 8.35. The number of hydrogen-bond donors (Lipinski definition) is 0. The molecule has 0 aliphatic rings. The van der Waals surface area contributed by atoms with Crippen LogP contribution in [0.2, 0.25) is 5.02 Å². The molecule has 0 aliphatic heterocycles. The molecule has 0 N–H and O–H groups in total. The van der Waals surface area contributed by atoms with Crippen molar-refractivity contribution in [1.29, 1.82) is 0 Å². The van der Waals surface area contributed by atoms with Crippen molar-refractivity contribution in [1.82, 2.24) is 4.57 Å². The predicted molar refractivity (Wildman–Crippen MR) is 117 cm³/mol. The van der Waals surface area contributed by atoms with Gasteiger partial charge < -0.3 is 9.30 Å². The van der Waals surface area contributed by atoms with E-state index < -0.39 is 10.8 Å². The maximum atomic E-state index is 12.9. The molecular formula is C21H16ClN3O4S. The van der Waals surface area contributed by atoms with Crippen LogP contribution in [0, 0.1) is 10.1 Å². The smallest absolute Gasteiger partial charge is 0.286 e. The Balaban J connectivity index is 1.94. The first-order valence-corrected chi connectivity index (χ1v) is 10.2. The summed E-state index contributed by atoms with van der Waals surface area (Å²) in [5.41, 5.74) is 0.444. The molecule has 0 spiro atoms. The van der Waals surface area contributed by atoms with E-state index >= 15 is 0 Å². The zero-order valence-electron chi connectivity index (χ0n) is 15.9. The van der Waals surface area contributed by atoms with E-state index in [-0.39, 0.29) is 16.3 Å². The van der Waals surface area contributed by atoms with E-state index in [0.717, 1.165) is 21.0 Å². The largest absolute Gasteiger partial charge is 0.383 e. The van der Waals surface area contributed by atoms with Gasteiger partial charge in [-0.05, 0) is 23.6 Å². The van der Waals surface area contributed by atoms with Gasteiger partial charge in [-0.15, -0.1) is 0 Å². The molecule has 3 aromatic carbocycles. The lowest BCUT2D eigenvalue weighted by molar-refractivity contribution is -0.385. The van der Waals surface area contributed by atoms with Crippen LogP contribution in [-0.2, 0) is 11.3 Å². The van der Waals surface area contributed by atoms with Crippen LogP contribution in [0.5, 0.6) is 0 Å². The predicted octanol–water partition coefficient (Wildman–Crippen LogP) is 4.81. The molecule has 1 amide bonds. The molecule has 0 saturated heterocycles. The number of ether oxygens (including phenoxy) is 1. The number of rotatable bonds is 5. The van der Waals surface area contributed by atoms with Crippen molar-refractivity contribution in [2.75, 3.05) is 13.7 Å². The average Bonchev–Trinajstić information content (AvgIpc) is 3.09. The van der Waals surface area contributed by atoms with Gasteiger partial charge in [0, 0.05) is 30.1 Å². The standard InChI is InChI=1S/C21H16ClN3O4S/c1-29-11-10-24-18-8-6-13-4-2-3-5-15(13)19(18)30-21(24)23-20(26)16-12-14(22)7-9-17(16)25(27)28/h2-9,12H,10-11H2,1H3. The first-order valence-electron chi connectivity index (χ1n) is 9.02. The Morgan fingerprint density at radius 3 is 2.80 bits per heavy atom. The molecule has 0 radical (unpaired) electrons. The number of hydrogen-bond acceptors (Lipinski definition) is 5. The van der Waals surface area contributed by atoms with E-state index in [1.54, 1.807) is 7.11 Å². The topological polar surface area (TPSA) is 86.7 Å². The molecule has 4 rings (SSSR count). The van der Waals surface area contributed by atoms with Crippen molar-refractivity contribution < 1.29 is 14.5 Å². The van der Waals surface area contributed by atoms with Gasteiger partial charge in [-0.1, -0.05) is 53.3 Å². The van der Waals surface area contributed by atoms with Crippen molar-refractivity contribution in [3.63, 3.8) is 0 Å². The number of thiazole rings is 1. The molecule has 0 bridgehead atoms. The fraction of sp³-hybridized carbons (Fsp3) is 0.143. The van der Waals surface area contributed by atoms with Crippen molar-refractivity contribution in [3.05, 3.63) is 80.1 Å². The zero-order chi connectivity index (χ0) is 21.3. The molecule has 1 aromatic heterocycles. The molecule has 30 heavy (non-hydrogen) atoms. The molecule has 4 aromatic rings. The summed E-state index contributed by atoms with van der Waals surface area (Å²) in [6.45, 7) is 0.913. The van der Waals surface area contributed by atoms with Crippen LogP contribution >= 0.6 is 22.9 Å². The van der Waals surface area contributed by atoms with E-state index in [0.29, 0.717) is 18.0 Å². The Labute approximate surface area is 180 Å². The summed E-state index contributed by atoms with van der Waals surface area (Å²) in [5, 5.41) is 13.7. The molecular weight excluding hydrogens is 426 g/mol. The van der Waals surface area contributed by atoms with Gasteiger partial charge in [-0.3, -0.25) is 14.9 Å². The minimum absolute atomic E-state index is 0.145. The van der Waals surface area contributed by atoms with Crippen LogP contribution < -0.4 is 4.80 Å². The van der Waals surface area contributed by atoms with Crippen LogP contribution in [0.1, 0.15) is 10.4 Å². The second-order valence-electron chi connectivity index (χ2n) is 6.50. The van der Waals surface area contributed by atoms with Gasteiger partial charge in [0.15, 0.2) is 4.80 Å². The van der Waals surface area contributed by atoms with Crippen molar-refractivity contribution >= 4 is 55.5 Å². The first-order chi connectivity index (χ1) is 14.5. The molecule has 7 nitrogen and oxygen atoms in total. The maximum Gasteiger partial charge on any atom is 0.286 e. The quantitative estimate of drug-likeness (QED) is 0.328. The summed E-state index contributed by atoms with van der Waals surface area (Å²) >= 11 is 7.32. The Morgan fingerprint density at radius 2 is 2.03 bits per heavy atom. The molecule has 0 fully saturated rings. The highest BCUT2D eigenvalue weighted by atomic mass is 35.5. The third kappa shape index (κ3) is 3.72. The molecule has 1 heterocycles. The Bertz CT molecular complexity index is 1360. The lowest BCUT2D eigenvalue weighted by Gasteiger charge is -2.05. The minimum Gasteiger partial charge on any atom is -0.383 e. The van der Waals surface area contributed by atoms with Crippen LogP contribution in [0.3, 0.4) is 0 Å². The van der Waals surface area contributed by atoms with E-state index in [9.17, 15) is 14.9 Å². The molecule has 152 valence electrons. The van der Waals surface area contributed by atoms with Crippen LogP contribution in [0.4, 0.5) is 5.69 Å². The minimum atomic E-state index is -0.716. The molecule has 0 unspecified atom stereocenters. The van der Waals surface area contributed by atoms with E-state index in [1.807, 2.05) is 41.0 Å². The normalized spacial score (nSPS) is 12.0. The first kappa shape index (κ1) is 20.2. The third-order valence-corrected chi connectivity index (χ3v) is 6.04. The zero-order valence-corrected chi connectivity index (χ0v) is 17.4. The van der Waals surface area contributed by atoms with Gasteiger partial charge in [0.1, 0.15) is 5.56 Å². The Morgan fingerprint density at radius 1 is 1.23 bits per heavy atom. The van der Waals surface area contributed by atoms with E-state index in [1.165, 1.54) is 29.5 Å². The monoisotopic (exact) mass is 441 g/mol. The lowest BCUT2D eigenvalue weighted by atomic mass is 10.1. The lowest BCUT2D eigenvalue weighted by Crippen LogP contribution is -2.19. The molecule has 0 atom stereocenters. The number of benzene rings is 3. The summed E-state index contributed by atoms with van der Waals surface area (Å²) in [5.74, 6) is -0.716. The number of amides is 1. The van der Waals surface area contributed by atoms with Crippen LogP contribution in [0.15, 0.2) is 59.6 Å². The van der Waals surface area contributed by atoms with Gasteiger partial charge in [-0.2, -0.15) is 4.99 Å². The Kier molecular flexibility index (Phi) is 5.63. The number of aromatic nitrogens is 1. The number of nitrogens with zero attached hydrogens (tertiary/aromatic N) is 3. The summed E-state index contributed by atoms with van der Waals surface area (Å²) in [7, 11) is 1.60. The fourth-order valence-electron chi connectivity index (χ4n) is 3.27. The molecule has 0 aliphatic carbocycles. The summed E-state index contributed by atoms with van der Waals surface area (Å²) in [4.78, 5) is 28.3. The van der Waals surface area contributed by atoms with E-state index in [2.05, 4.69) is 4.99 Å². The summed E-state index contributed by atoms with van der Waals surface area (Å²) in [6, 6.07) is 15.8. The number of halogens is 1. The van der Waals surface area contributed by atoms with Crippen molar-refractivity contribution in [2.45, 2.75) is 6.54 Å². The number of nitro groups is 1. The number of methoxy groups -OCH3 is 1. The highest BCUT2D eigenvalue weighted by molar-refractivity contribution is 7.17. The molecule has 0 saturated carbocycles. The van der Waals surface area contributed by atoms with Gasteiger partial charge in [0.25, 0.3) is 11.6 Å². The highest BCUT2D eigenvalue weighted by Crippen LogP contribution is 2.28. The Hall–Kier alpha value is -3.07. The average molecular weight is 442 g/mol. The highest BCUT2D eigenvalue weighted by Gasteiger charge is 2.21. The maximum absolute atomic E-state index is 12.9. The van der Waals surface area contributed by atoms with Crippen molar-refractivity contribution in [3.8, 4) is 0 Å². The number of nitro benzene ring substituents is 1. The van der Waals surface area contributed by atoms with Gasteiger partial charge >= 0.3 is 0 Å². The van der Waals surface area contributed by atoms with Crippen LogP contribution in [-0.4, -0.2) is 29.1 Å². The third-order valence-electron chi connectivity index (χ3n) is 4.68. The van der Waals surface area contributed by atoms with Gasteiger partial charge in [0.05, 0.1) is 21.7 Å². The summed E-state index contributed by atoms with van der Waals surface area (Å²) in [6.07, 6.45) is 0. The summed E-state index contributed by atoms with van der Waals surface area (Å²) < 4.78 is 8.09. The SMILES string of the molecule is COCCn1c(=NC(=O)c2cc(Cl)ccc2[N+](=O)[O-])sc2c3ccccc3ccc21. The van der Waals surface area contributed by atoms with E-state index in [4.69, 9.17) is 16.3 Å².